The molecular weight excluding hydrogens is 236 g/mol. The molecule has 2 aromatic rings. The second-order valence-electron chi connectivity index (χ2n) is 5.39. The number of nitrogens with zero attached hydrogens (tertiary/aromatic N) is 1. The molecule has 3 nitrogen and oxygen atoms in total. The first-order chi connectivity index (χ1) is 9.38. The number of para-hydroxylation sites is 1. The molecule has 1 atom stereocenters. The summed E-state index contributed by atoms with van der Waals surface area (Å²) in [5.41, 5.74) is 6.97. The SMILES string of the molecule is NCC(c1cc2ccccc2o1)N1CCCCCC1. The Balaban J connectivity index is 1.87. The summed E-state index contributed by atoms with van der Waals surface area (Å²) in [4.78, 5) is 2.49. The number of hydrogen-bond acceptors (Lipinski definition) is 3. The topological polar surface area (TPSA) is 42.4 Å². The molecule has 19 heavy (non-hydrogen) atoms. The number of likely N-dealkylation sites (tertiary alicyclic amines) is 1. The van der Waals surface area contributed by atoms with Crippen LogP contribution in [0, 0.1) is 0 Å². The Hall–Kier alpha value is -1.32. The smallest absolute Gasteiger partial charge is 0.134 e. The van der Waals surface area contributed by atoms with Crippen LogP contribution in [-0.2, 0) is 0 Å². The lowest BCUT2D eigenvalue weighted by Gasteiger charge is -2.27. The Bertz CT molecular complexity index is 493. The van der Waals surface area contributed by atoms with Crippen molar-refractivity contribution in [3.05, 3.63) is 36.1 Å². The van der Waals surface area contributed by atoms with E-state index < -0.39 is 0 Å². The van der Waals surface area contributed by atoms with Gasteiger partial charge in [0.25, 0.3) is 0 Å². The number of hydrogen-bond donors (Lipinski definition) is 1. The van der Waals surface area contributed by atoms with Crippen molar-refractivity contribution in [3.63, 3.8) is 0 Å². The summed E-state index contributed by atoms with van der Waals surface area (Å²) < 4.78 is 5.99. The normalized spacial score (nSPS) is 19.4. The van der Waals surface area contributed by atoms with Crippen LogP contribution < -0.4 is 5.73 Å². The van der Waals surface area contributed by atoms with Gasteiger partial charge in [0, 0.05) is 11.9 Å². The highest BCUT2D eigenvalue weighted by Gasteiger charge is 2.23. The maximum absolute atomic E-state index is 6.01. The van der Waals surface area contributed by atoms with Gasteiger partial charge in [0.15, 0.2) is 0 Å². The third-order valence-corrected chi connectivity index (χ3v) is 4.08. The molecule has 0 radical (unpaired) electrons. The lowest BCUT2D eigenvalue weighted by Crippen LogP contribution is -2.34. The fourth-order valence-corrected chi connectivity index (χ4v) is 3.02. The molecule has 0 bridgehead atoms. The Morgan fingerprint density at radius 3 is 2.53 bits per heavy atom. The molecule has 0 amide bonds. The van der Waals surface area contributed by atoms with Gasteiger partial charge in [0.1, 0.15) is 11.3 Å². The average Bonchev–Trinajstić information content (AvgIpc) is 2.67. The molecule has 1 aliphatic rings. The van der Waals surface area contributed by atoms with Gasteiger partial charge < -0.3 is 10.2 Å². The highest BCUT2D eigenvalue weighted by atomic mass is 16.3. The monoisotopic (exact) mass is 258 g/mol. The molecule has 3 heteroatoms. The zero-order valence-electron chi connectivity index (χ0n) is 11.3. The first-order valence-corrected chi connectivity index (χ1v) is 7.31. The second-order valence-corrected chi connectivity index (χ2v) is 5.39. The maximum Gasteiger partial charge on any atom is 0.134 e. The van der Waals surface area contributed by atoms with Gasteiger partial charge in [0.2, 0.25) is 0 Å². The van der Waals surface area contributed by atoms with Crippen LogP contribution >= 0.6 is 0 Å². The van der Waals surface area contributed by atoms with E-state index in [0.29, 0.717) is 6.54 Å². The Morgan fingerprint density at radius 1 is 1.11 bits per heavy atom. The molecule has 2 heterocycles. The van der Waals surface area contributed by atoms with Gasteiger partial charge in [-0.1, -0.05) is 31.0 Å². The molecule has 1 fully saturated rings. The summed E-state index contributed by atoms with van der Waals surface area (Å²) in [5, 5.41) is 1.17. The average molecular weight is 258 g/mol. The molecular formula is C16H22N2O. The van der Waals surface area contributed by atoms with Gasteiger partial charge in [-0.15, -0.1) is 0 Å². The summed E-state index contributed by atoms with van der Waals surface area (Å²) in [6, 6.07) is 10.6. The number of furan rings is 1. The van der Waals surface area contributed by atoms with Crippen molar-refractivity contribution in [2.45, 2.75) is 31.7 Å². The molecule has 3 rings (SSSR count). The number of benzene rings is 1. The van der Waals surface area contributed by atoms with Crippen LogP contribution in [0.15, 0.2) is 34.7 Å². The van der Waals surface area contributed by atoms with E-state index in [2.05, 4.69) is 17.0 Å². The Kier molecular flexibility index (Phi) is 3.85. The van der Waals surface area contributed by atoms with Crippen LogP contribution in [0.3, 0.4) is 0 Å². The van der Waals surface area contributed by atoms with E-state index in [1.165, 1.54) is 31.1 Å². The van der Waals surface area contributed by atoms with Crippen molar-refractivity contribution in [2.24, 2.45) is 5.73 Å². The summed E-state index contributed by atoms with van der Waals surface area (Å²) >= 11 is 0. The van der Waals surface area contributed by atoms with Crippen LogP contribution in [-0.4, -0.2) is 24.5 Å². The first-order valence-electron chi connectivity index (χ1n) is 7.31. The zero-order valence-corrected chi connectivity index (χ0v) is 11.3. The van der Waals surface area contributed by atoms with E-state index in [1.54, 1.807) is 0 Å². The Labute approximate surface area is 114 Å². The van der Waals surface area contributed by atoms with E-state index >= 15 is 0 Å². The molecule has 0 aliphatic carbocycles. The predicted molar refractivity (Wildman–Crippen MR) is 78.1 cm³/mol. The van der Waals surface area contributed by atoms with E-state index in [1.807, 2.05) is 18.2 Å². The van der Waals surface area contributed by atoms with E-state index in [0.717, 1.165) is 24.4 Å². The van der Waals surface area contributed by atoms with Gasteiger partial charge in [-0.3, -0.25) is 4.90 Å². The zero-order chi connectivity index (χ0) is 13.1. The van der Waals surface area contributed by atoms with Crippen molar-refractivity contribution >= 4 is 11.0 Å². The third-order valence-electron chi connectivity index (χ3n) is 4.08. The molecule has 1 unspecified atom stereocenters. The van der Waals surface area contributed by atoms with Gasteiger partial charge in [-0.05, 0) is 38.1 Å². The number of nitrogens with two attached hydrogens (primary N) is 1. The van der Waals surface area contributed by atoms with Gasteiger partial charge in [-0.25, -0.2) is 0 Å². The van der Waals surface area contributed by atoms with Crippen LogP contribution in [0.5, 0.6) is 0 Å². The first kappa shape index (κ1) is 12.7. The van der Waals surface area contributed by atoms with Crippen molar-refractivity contribution < 1.29 is 4.42 Å². The molecule has 1 aromatic carbocycles. The summed E-state index contributed by atoms with van der Waals surface area (Å²) in [7, 11) is 0. The molecule has 102 valence electrons. The fourth-order valence-electron chi connectivity index (χ4n) is 3.02. The van der Waals surface area contributed by atoms with E-state index in [4.69, 9.17) is 10.2 Å². The maximum atomic E-state index is 6.01. The second kappa shape index (κ2) is 5.76. The van der Waals surface area contributed by atoms with E-state index in [9.17, 15) is 0 Å². The molecule has 0 spiro atoms. The highest BCUT2D eigenvalue weighted by molar-refractivity contribution is 5.77. The summed E-state index contributed by atoms with van der Waals surface area (Å²) in [6.07, 6.45) is 5.23. The molecule has 1 aliphatic heterocycles. The lowest BCUT2D eigenvalue weighted by atomic mass is 10.1. The van der Waals surface area contributed by atoms with Crippen LogP contribution in [0.1, 0.15) is 37.5 Å². The standard InChI is InChI=1S/C16H22N2O/c17-12-14(18-9-5-1-2-6-10-18)16-11-13-7-3-4-8-15(13)19-16/h3-4,7-8,11,14H,1-2,5-6,9-10,12,17H2. The van der Waals surface area contributed by atoms with Crippen LogP contribution in [0.2, 0.25) is 0 Å². The van der Waals surface area contributed by atoms with E-state index in [-0.39, 0.29) is 6.04 Å². The minimum Gasteiger partial charge on any atom is -0.459 e. The Morgan fingerprint density at radius 2 is 1.84 bits per heavy atom. The van der Waals surface area contributed by atoms with Gasteiger partial charge >= 0.3 is 0 Å². The third kappa shape index (κ3) is 2.67. The summed E-state index contributed by atoms with van der Waals surface area (Å²) in [6.45, 7) is 2.90. The lowest BCUT2D eigenvalue weighted by molar-refractivity contribution is 0.188. The van der Waals surface area contributed by atoms with Crippen molar-refractivity contribution in [3.8, 4) is 0 Å². The minimum atomic E-state index is 0.227. The van der Waals surface area contributed by atoms with Crippen LogP contribution in [0.4, 0.5) is 0 Å². The molecule has 1 aromatic heterocycles. The van der Waals surface area contributed by atoms with Crippen molar-refractivity contribution in [2.75, 3.05) is 19.6 Å². The van der Waals surface area contributed by atoms with Gasteiger partial charge in [-0.2, -0.15) is 0 Å². The predicted octanol–water partition coefficient (Wildman–Crippen LogP) is 3.31. The largest absolute Gasteiger partial charge is 0.459 e. The number of fused-ring (bicyclic) bond motifs is 1. The molecule has 2 N–H and O–H groups in total. The van der Waals surface area contributed by atoms with Crippen LogP contribution in [0.25, 0.3) is 11.0 Å². The van der Waals surface area contributed by atoms with Crippen molar-refractivity contribution in [1.29, 1.82) is 0 Å². The summed E-state index contributed by atoms with van der Waals surface area (Å²) in [5.74, 6) is 1.02. The molecule has 0 saturated carbocycles. The van der Waals surface area contributed by atoms with Crippen molar-refractivity contribution in [1.82, 2.24) is 4.90 Å². The number of rotatable bonds is 3. The fraction of sp³-hybridized carbons (Fsp3) is 0.500. The highest BCUT2D eigenvalue weighted by Crippen LogP contribution is 2.28. The quantitative estimate of drug-likeness (QED) is 0.918. The molecule has 1 saturated heterocycles. The minimum absolute atomic E-state index is 0.227. The van der Waals surface area contributed by atoms with Gasteiger partial charge in [0.05, 0.1) is 6.04 Å².